The normalized spacial score (nSPS) is 18.0. The lowest BCUT2D eigenvalue weighted by Gasteiger charge is -2.31. The van der Waals surface area contributed by atoms with Gasteiger partial charge in [0.2, 0.25) is 10.0 Å². The Morgan fingerprint density at radius 3 is 2.29 bits per heavy atom. The Balaban J connectivity index is 2.24. The fourth-order valence-corrected chi connectivity index (χ4v) is 3.99. The van der Waals surface area contributed by atoms with Crippen LogP contribution in [0.3, 0.4) is 0 Å². The Morgan fingerprint density at radius 2 is 1.81 bits per heavy atom. The van der Waals surface area contributed by atoms with Crippen molar-refractivity contribution in [1.82, 2.24) is 4.31 Å². The molecule has 0 bridgehead atoms. The summed E-state index contributed by atoms with van der Waals surface area (Å²) in [4.78, 5) is -0.938. The Labute approximate surface area is 122 Å². The zero-order valence-corrected chi connectivity index (χ0v) is 12.5. The highest BCUT2D eigenvalue weighted by Crippen LogP contribution is 2.27. The van der Waals surface area contributed by atoms with Gasteiger partial charge in [-0.15, -0.1) is 0 Å². The van der Waals surface area contributed by atoms with Gasteiger partial charge in [-0.25, -0.2) is 17.2 Å². The van der Waals surface area contributed by atoms with Gasteiger partial charge in [-0.05, 0) is 31.9 Å². The number of piperidine rings is 1. The number of rotatable bonds is 4. The maximum atomic E-state index is 13.8. The molecule has 1 aliphatic rings. The third-order valence-electron chi connectivity index (χ3n) is 3.42. The molecule has 1 aromatic rings. The molecule has 2 rings (SSSR count). The molecule has 21 heavy (non-hydrogen) atoms. The molecule has 8 heteroatoms. The molecular formula is C13H18F2N2O3S. The number of benzene rings is 1. The van der Waals surface area contributed by atoms with E-state index in [0.29, 0.717) is 19.4 Å². The van der Waals surface area contributed by atoms with Gasteiger partial charge >= 0.3 is 0 Å². The number of hydrogen-bond donors (Lipinski definition) is 1. The molecule has 0 unspecified atom stereocenters. The second-order valence-corrected chi connectivity index (χ2v) is 6.75. The van der Waals surface area contributed by atoms with Gasteiger partial charge in [0, 0.05) is 25.4 Å². The number of anilines is 1. The molecule has 0 aromatic heterocycles. The molecule has 1 saturated heterocycles. The number of ether oxygens (including phenoxy) is 1. The van der Waals surface area contributed by atoms with Crippen molar-refractivity contribution in [2.75, 3.05) is 25.4 Å². The zero-order chi connectivity index (χ0) is 15.6. The molecule has 118 valence electrons. The van der Waals surface area contributed by atoms with Crippen molar-refractivity contribution in [3.05, 3.63) is 23.8 Å². The lowest BCUT2D eigenvalue weighted by atomic mass is 10.1. The Kier molecular flexibility index (Phi) is 4.80. The molecule has 0 amide bonds. The standard InChI is InChI=1S/C13H18F2N2O3S/c1-2-20-10-3-5-17(6-4-10)21(18,19)13-11(14)7-9(16)8-12(13)15/h7-8,10H,2-6,16H2,1H3. The minimum absolute atomic E-state index is 0.0115. The van der Waals surface area contributed by atoms with Crippen molar-refractivity contribution in [2.45, 2.75) is 30.8 Å². The smallest absolute Gasteiger partial charge is 0.248 e. The minimum Gasteiger partial charge on any atom is -0.399 e. The summed E-state index contributed by atoms with van der Waals surface area (Å²) in [7, 11) is -4.21. The number of hydrogen-bond acceptors (Lipinski definition) is 4. The number of nitrogen functional groups attached to an aromatic ring is 1. The van der Waals surface area contributed by atoms with Crippen LogP contribution < -0.4 is 5.73 Å². The molecule has 0 aliphatic carbocycles. The highest BCUT2D eigenvalue weighted by atomic mass is 32.2. The Morgan fingerprint density at radius 1 is 1.29 bits per heavy atom. The van der Waals surface area contributed by atoms with Gasteiger partial charge in [0.25, 0.3) is 0 Å². The molecule has 1 heterocycles. The lowest BCUT2D eigenvalue weighted by Crippen LogP contribution is -2.41. The maximum absolute atomic E-state index is 13.8. The van der Waals surface area contributed by atoms with Crippen LogP contribution >= 0.6 is 0 Å². The van der Waals surface area contributed by atoms with Crippen LogP contribution in [0.5, 0.6) is 0 Å². The first-order chi connectivity index (χ1) is 9.86. The van der Waals surface area contributed by atoms with Crippen molar-refractivity contribution < 1.29 is 21.9 Å². The summed E-state index contributed by atoms with van der Waals surface area (Å²) in [6.07, 6.45) is 0.999. The van der Waals surface area contributed by atoms with E-state index in [1.54, 1.807) is 0 Å². The highest BCUT2D eigenvalue weighted by molar-refractivity contribution is 7.89. The summed E-state index contributed by atoms with van der Waals surface area (Å²) >= 11 is 0. The van der Waals surface area contributed by atoms with Crippen molar-refractivity contribution in [3.63, 3.8) is 0 Å². The average molecular weight is 320 g/mol. The van der Waals surface area contributed by atoms with Crippen LogP contribution in [0.1, 0.15) is 19.8 Å². The monoisotopic (exact) mass is 320 g/mol. The lowest BCUT2D eigenvalue weighted by molar-refractivity contribution is 0.0289. The molecule has 1 aliphatic heterocycles. The quantitative estimate of drug-likeness (QED) is 0.858. The summed E-state index contributed by atoms with van der Waals surface area (Å²) in [5.41, 5.74) is 5.14. The summed E-state index contributed by atoms with van der Waals surface area (Å²) < 4.78 is 58.9. The molecular weight excluding hydrogens is 302 g/mol. The van der Waals surface area contributed by atoms with E-state index >= 15 is 0 Å². The van der Waals surface area contributed by atoms with Gasteiger partial charge in [0.15, 0.2) is 4.90 Å². The maximum Gasteiger partial charge on any atom is 0.248 e. The van der Waals surface area contributed by atoms with E-state index in [4.69, 9.17) is 10.5 Å². The third kappa shape index (κ3) is 3.33. The molecule has 0 radical (unpaired) electrons. The number of halogens is 2. The van der Waals surface area contributed by atoms with Crippen molar-refractivity contribution >= 4 is 15.7 Å². The second-order valence-electron chi connectivity index (χ2n) is 4.87. The predicted octanol–water partition coefficient (Wildman–Crippen LogP) is 1.74. The van der Waals surface area contributed by atoms with Crippen LogP contribution in [0.15, 0.2) is 17.0 Å². The van der Waals surface area contributed by atoms with Crippen LogP contribution in [0.2, 0.25) is 0 Å². The molecule has 0 saturated carbocycles. The molecule has 5 nitrogen and oxygen atoms in total. The van der Waals surface area contributed by atoms with E-state index in [1.165, 1.54) is 0 Å². The second kappa shape index (κ2) is 6.25. The largest absolute Gasteiger partial charge is 0.399 e. The molecule has 1 aromatic carbocycles. The van der Waals surface area contributed by atoms with Crippen LogP contribution in [-0.4, -0.2) is 38.5 Å². The van der Waals surface area contributed by atoms with E-state index in [2.05, 4.69) is 0 Å². The first-order valence-corrected chi connectivity index (χ1v) is 8.16. The third-order valence-corrected chi connectivity index (χ3v) is 5.37. The summed E-state index contributed by atoms with van der Waals surface area (Å²) in [6, 6.07) is 1.62. The van der Waals surface area contributed by atoms with Gasteiger partial charge in [0.1, 0.15) is 11.6 Å². The topological polar surface area (TPSA) is 72.6 Å². The number of sulfonamides is 1. The Hall–Kier alpha value is -1.25. The van der Waals surface area contributed by atoms with Crippen LogP contribution in [0.25, 0.3) is 0 Å². The van der Waals surface area contributed by atoms with E-state index in [-0.39, 0.29) is 24.9 Å². The fraction of sp³-hybridized carbons (Fsp3) is 0.538. The van der Waals surface area contributed by atoms with E-state index in [9.17, 15) is 17.2 Å². The Bertz CT molecular complexity index is 591. The number of nitrogens with two attached hydrogens (primary N) is 1. The van der Waals surface area contributed by atoms with Gasteiger partial charge in [-0.3, -0.25) is 0 Å². The summed E-state index contributed by atoms with van der Waals surface area (Å²) in [6.45, 7) is 2.77. The van der Waals surface area contributed by atoms with Gasteiger partial charge in [-0.2, -0.15) is 4.31 Å². The highest BCUT2D eigenvalue weighted by Gasteiger charge is 2.34. The van der Waals surface area contributed by atoms with E-state index in [0.717, 1.165) is 16.4 Å². The summed E-state index contributed by atoms with van der Waals surface area (Å²) in [5, 5.41) is 0. The van der Waals surface area contributed by atoms with Gasteiger partial charge < -0.3 is 10.5 Å². The molecule has 0 spiro atoms. The van der Waals surface area contributed by atoms with E-state index in [1.807, 2.05) is 6.92 Å². The molecule has 2 N–H and O–H groups in total. The van der Waals surface area contributed by atoms with Crippen LogP contribution in [-0.2, 0) is 14.8 Å². The fourth-order valence-electron chi connectivity index (χ4n) is 2.43. The molecule has 1 fully saturated rings. The summed E-state index contributed by atoms with van der Waals surface area (Å²) in [5.74, 6) is -2.33. The van der Waals surface area contributed by atoms with E-state index < -0.39 is 26.6 Å². The van der Waals surface area contributed by atoms with Gasteiger partial charge in [-0.1, -0.05) is 0 Å². The molecule has 0 atom stereocenters. The van der Waals surface area contributed by atoms with Crippen molar-refractivity contribution in [1.29, 1.82) is 0 Å². The van der Waals surface area contributed by atoms with Crippen LogP contribution in [0.4, 0.5) is 14.5 Å². The SMILES string of the molecule is CCOC1CCN(S(=O)(=O)c2c(F)cc(N)cc2F)CC1. The number of nitrogens with zero attached hydrogens (tertiary/aromatic N) is 1. The van der Waals surface area contributed by atoms with Gasteiger partial charge in [0.05, 0.1) is 6.10 Å². The first-order valence-electron chi connectivity index (χ1n) is 6.72. The average Bonchev–Trinajstić information content (AvgIpc) is 2.38. The van der Waals surface area contributed by atoms with Crippen LogP contribution in [0, 0.1) is 11.6 Å². The zero-order valence-electron chi connectivity index (χ0n) is 11.7. The van der Waals surface area contributed by atoms with Crippen molar-refractivity contribution in [3.8, 4) is 0 Å². The predicted molar refractivity (Wildman–Crippen MR) is 74.2 cm³/mol. The first kappa shape index (κ1) is 16.1. The van der Waals surface area contributed by atoms with Crippen molar-refractivity contribution in [2.24, 2.45) is 0 Å². The minimum atomic E-state index is -4.21.